The minimum absolute atomic E-state index is 0.718. The van der Waals surface area contributed by atoms with Crippen molar-refractivity contribution in [1.29, 1.82) is 0 Å². The quantitative estimate of drug-likeness (QED) is 0.787. The van der Waals surface area contributed by atoms with Crippen LogP contribution in [0.5, 0.6) is 0 Å². The number of nitrogens with one attached hydrogen (secondary N) is 1. The van der Waals surface area contributed by atoms with Crippen molar-refractivity contribution < 1.29 is 0 Å². The van der Waals surface area contributed by atoms with E-state index < -0.39 is 0 Å². The lowest BCUT2D eigenvalue weighted by atomic mass is 10.1. The van der Waals surface area contributed by atoms with Crippen molar-refractivity contribution in [2.24, 2.45) is 0 Å². The molecule has 0 radical (unpaired) electrons. The van der Waals surface area contributed by atoms with Crippen molar-refractivity contribution in [1.82, 2.24) is 19.7 Å². The molecule has 100 valence electrons. The van der Waals surface area contributed by atoms with E-state index in [0.717, 1.165) is 29.5 Å². The third-order valence-electron chi connectivity index (χ3n) is 3.69. The van der Waals surface area contributed by atoms with Gasteiger partial charge >= 0.3 is 0 Å². The predicted molar refractivity (Wildman–Crippen MR) is 78.3 cm³/mol. The molecular formula is C16H16N4. The third kappa shape index (κ3) is 2.18. The van der Waals surface area contributed by atoms with Crippen LogP contribution in [0.1, 0.15) is 18.4 Å². The molecule has 1 saturated carbocycles. The molecule has 1 N–H and O–H groups in total. The topological polar surface area (TPSA) is 42.2 Å². The number of hydrogen-bond donors (Lipinski definition) is 1. The predicted octanol–water partition coefficient (Wildman–Crippen LogP) is 2.65. The molecule has 0 aromatic carbocycles. The van der Waals surface area contributed by atoms with E-state index in [4.69, 9.17) is 0 Å². The maximum absolute atomic E-state index is 4.38. The Morgan fingerprint density at radius 1 is 1.25 bits per heavy atom. The Morgan fingerprint density at radius 3 is 3.10 bits per heavy atom. The molecule has 4 rings (SSSR count). The molecule has 0 spiro atoms. The molecule has 0 bridgehead atoms. The monoisotopic (exact) mass is 264 g/mol. The first-order chi connectivity index (χ1) is 9.90. The minimum atomic E-state index is 0.718. The van der Waals surface area contributed by atoms with Crippen LogP contribution in [0.3, 0.4) is 0 Å². The lowest BCUT2D eigenvalue weighted by Gasteiger charge is -2.08. The number of rotatable bonds is 4. The summed E-state index contributed by atoms with van der Waals surface area (Å²) in [5.74, 6) is 0. The van der Waals surface area contributed by atoms with Crippen molar-refractivity contribution >= 4 is 5.65 Å². The third-order valence-corrected chi connectivity index (χ3v) is 3.69. The highest BCUT2D eigenvalue weighted by atomic mass is 15.0. The maximum Gasteiger partial charge on any atom is 0.137 e. The van der Waals surface area contributed by atoms with Gasteiger partial charge in [-0.25, -0.2) is 4.98 Å². The fourth-order valence-corrected chi connectivity index (χ4v) is 2.46. The summed E-state index contributed by atoms with van der Waals surface area (Å²) in [7, 11) is 0. The molecule has 0 aliphatic heterocycles. The lowest BCUT2D eigenvalue weighted by Crippen LogP contribution is -2.15. The van der Waals surface area contributed by atoms with Crippen LogP contribution in [0.15, 0.2) is 49.1 Å². The van der Waals surface area contributed by atoms with Gasteiger partial charge in [-0.3, -0.25) is 9.38 Å². The molecule has 3 aromatic heterocycles. The Kier molecular flexibility index (Phi) is 2.74. The van der Waals surface area contributed by atoms with Gasteiger partial charge in [0.25, 0.3) is 0 Å². The number of aromatic nitrogens is 3. The number of pyridine rings is 2. The van der Waals surface area contributed by atoms with Crippen molar-refractivity contribution in [3.63, 3.8) is 0 Å². The highest BCUT2D eigenvalue weighted by Gasteiger charge is 2.20. The number of hydrogen-bond acceptors (Lipinski definition) is 3. The zero-order valence-electron chi connectivity index (χ0n) is 11.2. The van der Waals surface area contributed by atoms with E-state index in [0.29, 0.717) is 0 Å². The van der Waals surface area contributed by atoms with Crippen molar-refractivity contribution in [2.75, 3.05) is 0 Å². The van der Waals surface area contributed by atoms with E-state index >= 15 is 0 Å². The molecule has 3 heterocycles. The van der Waals surface area contributed by atoms with Gasteiger partial charge in [-0.1, -0.05) is 6.07 Å². The zero-order valence-corrected chi connectivity index (χ0v) is 11.2. The number of fused-ring (bicyclic) bond motifs is 1. The van der Waals surface area contributed by atoms with Gasteiger partial charge in [0.1, 0.15) is 5.65 Å². The second kappa shape index (κ2) is 4.72. The summed E-state index contributed by atoms with van der Waals surface area (Å²) in [6.07, 6.45) is 10.3. The standard InChI is InChI=1S/C16H16N4/c1-2-15(20-7-6-18-16(20)3-1)13-8-12(9-17-11-13)10-19-14-4-5-14/h1-3,6-9,11,14,19H,4-5,10H2. The van der Waals surface area contributed by atoms with Crippen molar-refractivity contribution in [3.8, 4) is 11.3 Å². The summed E-state index contributed by atoms with van der Waals surface area (Å²) >= 11 is 0. The molecule has 4 heteroatoms. The molecule has 0 amide bonds. The Labute approximate surface area is 117 Å². The van der Waals surface area contributed by atoms with Gasteiger partial charge in [0, 0.05) is 42.9 Å². The Balaban J connectivity index is 1.70. The van der Waals surface area contributed by atoms with E-state index in [-0.39, 0.29) is 0 Å². The van der Waals surface area contributed by atoms with Crippen LogP contribution in [0, 0.1) is 0 Å². The number of nitrogens with zero attached hydrogens (tertiary/aromatic N) is 3. The summed E-state index contributed by atoms with van der Waals surface area (Å²) in [4.78, 5) is 8.70. The molecule has 1 aliphatic carbocycles. The first-order valence-electron chi connectivity index (χ1n) is 7.00. The van der Waals surface area contributed by atoms with Crippen LogP contribution < -0.4 is 5.32 Å². The average Bonchev–Trinajstić information content (AvgIpc) is 3.20. The SMILES string of the molecule is c1cc(-c2cncc(CNC3CC3)c2)n2ccnc2c1. The highest BCUT2D eigenvalue weighted by Crippen LogP contribution is 2.22. The first kappa shape index (κ1) is 11.6. The fraction of sp³-hybridized carbons (Fsp3) is 0.250. The van der Waals surface area contributed by atoms with Gasteiger partial charge in [-0.2, -0.15) is 0 Å². The summed E-state index contributed by atoms with van der Waals surface area (Å²) < 4.78 is 2.09. The van der Waals surface area contributed by atoms with Crippen molar-refractivity contribution in [3.05, 3.63) is 54.6 Å². The van der Waals surface area contributed by atoms with E-state index in [1.54, 1.807) is 0 Å². The molecule has 3 aromatic rings. The van der Waals surface area contributed by atoms with Crippen LogP contribution in [-0.4, -0.2) is 20.4 Å². The lowest BCUT2D eigenvalue weighted by molar-refractivity contribution is 0.686. The Hall–Kier alpha value is -2.20. The van der Waals surface area contributed by atoms with Gasteiger partial charge in [0.15, 0.2) is 0 Å². The molecule has 0 atom stereocenters. The van der Waals surface area contributed by atoms with Crippen LogP contribution >= 0.6 is 0 Å². The summed E-state index contributed by atoms with van der Waals surface area (Å²) in [5, 5.41) is 3.52. The molecular weight excluding hydrogens is 248 g/mol. The van der Waals surface area contributed by atoms with E-state index in [2.05, 4.69) is 31.8 Å². The van der Waals surface area contributed by atoms with Gasteiger partial charge in [0.2, 0.25) is 0 Å². The second-order valence-corrected chi connectivity index (χ2v) is 5.30. The zero-order chi connectivity index (χ0) is 13.4. The summed E-state index contributed by atoms with van der Waals surface area (Å²) in [5.41, 5.74) is 4.44. The van der Waals surface area contributed by atoms with Gasteiger partial charge in [-0.15, -0.1) is 0 Å². The van der Waals surface area contributed by atoms with E-state index in [9.17, 15) is 0 Å². The van der Waals surface area contributed by atoms with E-state index in [1.165, 1.54) is 18.4 Å². The summed E-state index contributed by atoms with van der Waals surface area (Å²) in [6, 6.07) is 9.07. The molecule has 0 saturated heterocycles. The largest absolute Gasteiger partial charge is 0.310 e. The Morgan fingerprint density at radius 2 is 2.20 bits per heavy atom. The second-order valence-electron chi connectivity index (χ2n) is 5.30. The molecule has 1 aliphatic rings. The highest BCUT2D eigenvalue weighted by molar-refractivity contribution is 5.63. The smallest absolute Gasteiger partial charge is 0.137 e. The first-order valence-corrected chi connectivity index (χ1v) is 7.00. The van der Waals surface area contributed by atoms with Crippen LogP contribution in [0.2, 0.25) is 0 Å². The molecule has 20 heavy (non-hydrogen) atoms. The van der Waals surface area contributed by atoms with Crippen LogP contribution in [0.25, 0.3) is 16.9 Å². The maximum atomic E-state index is 4.38. The van der Waals surface area contributed by atoms with Gasteiger partial charge in [0.05, 0.1) is 5.69 Å². The van der Waals surface area contributed by atoms with Gasteiger partial charge in [-0.05, 0) is 36.6 Å². The summed E-state index contributed by atoms with van der Waals surface area (Å²) in [6.45, 7) is 0.894. The number of imidazole rings is 1. The minimum Gasteiger partial charge on any atom is -0.310 e. The molecule has 4 nitrogen and oxygen atoms in total. The van der Waals surface area contributed by atoms with Crippen molar-refractivity contribution in [2.45, 2.75) is 25.4 Å². The van der Waals surface area contributed by atoms with Gasteiger partial charge < -0.3 is 5.32 Å². The average molecular weight is 264 g/mol. The molecule has 0 unspecified atom stereocenters. The molecule has 1 fully saturated rings. The normalized spacial score (nSPS) is 14.8. The fourth-order valence-electron chi connectivity index (χ4n) is 2.46. The van der Waals surface area contributed by atoms with E-state index in [1.807, 2.05) is 36.9 Å². The van der Waals surface area contributed by atoms with Crippen LogP contribution in [0.4, 0.5) is 0 Å². The Bertz CT molecular complexity index is 743. The van der Waals surface area contributed by atoms with Crippen LogP contribution in [-0.2, 0) is 6.54 Å².